The first kappa shape index (κ1) is 18.4. The number of Topliss-reactive ketones (excluding diaryl/α,β-unsaturated/α-hetero) is 1. The first-order valence-corrected chi connectivity index (χ1v) is 6.55. The summed E-state index contributed by atoms with van der Waals surface area (Å²) in [6.45, 7) is 2.51. The summed E-state index contributed by atoms with van der Waals surface area (Å²) in [6, 6.07) is 0. The number of carbonyl (C=O) groups excluding carboxylic acids is 1. The van der Waals surface area contributed by atoms with Crippen LogP contribution >= 0.6 is 0 Å². The van der Waals surface area contributed by atoms with Gasteiger partial charge in [-0.1, -0.05) is 0 Å². The van der Waals surface area contributed by atoms with E-state index in [9.17, 15) is 35.4 Å². The molecule has 1 aliphatic heterocycles. The lowest BCUT2D eigenvalue weighted by Gasteiger charge is -2.39. The summed E-state index contributed by atoms with van der Waals surface area (Å²) in [5.41, 5.74) is 0. The highest BCUT2D eigenvalue weighted by Crippen LogP contribution is 2.23. The summed E-state index contributed by atoms with van der Waals surface area (Å²) in [7, 11) is 0. The molecule has 9 atom stereocenters. The minimum Gasteiger partial charge on any atom is -0.391 e. The van der Waals surface area contributed by atoms with Gasteiger partial charge in [0.15, 0.2) is 5.78 Å². The summed E-state index contributed by atoms with van der Waals surface area (Å²) in [5.74, 6) is -1.17. The van der Waals surface area contributed by atoms with Gasteiger partial charge < -0.3 is 40.5 Å². The van der Waals surface area contributed by atoms with Gasteiger partial charge in [0.05, 0.1) is 12.2 Å². The lowest BCUT2D eigenvalue weighted by molar-refractivity contribution is -0.221. The minimum absolute atomic E-state index is 0.983. The van der Waals surface area contributed by atoms with Gasteiger partial charge >= 0.3 is 0 Å². The highest BCUT2D eigenvalue weighted by Gasteiger charge is 2.48. The molecule has 1 heterocycles. The van der Waals surface area contributed by atoms with Crippen LogP contribution in [0.4, 0.5) is 0 Å². The largest absolute Gasteiger partial charge is 0.391 e. The lowest BCUT2D eigenvalue weighted by atomic mass is 9.89. The van der Waals surface area contributed by atoms with Crippen LogP contribution < -0.4 is 0 Å². The highest BCUT2D eigenvalue weighted by molar-refractivity contribution is 5.88. The second-order valence-electron chi connectivity index (χ2n) is 5.30. The molecule has 9 nitrogen and oxygen atoms in total. The van der Waals surface area contributed by atoms with E-state index in [0.29, 0.717) is 0 Å². The Morgan fingerprint density at radius 2 is 1.48 bits per heavy atom. The van der Waals surface area contributed by atoms with E-state index in [1.807, 2.05) is 0 Å². The molecule has 124 valence electrons. The van der Waals surface area contributed by atoms with Crippen LogP contribution in [0, 0.1) is 0 Å². The van der Waals surface area contributed by atoms with E-state index in [4.69, 9.17) is 9.84 Å². The Hall–Kier alpha value is -0.650. The maximum Gasteiger partial charge on any atom is 0.195 e. The minimum atomic E-state index is -2.14. The maximum atomic E-state index is 12.0. The Kier molecular flexibility index (Phi) is 6.20. The normalized spacial score (nSPS) is 39.4. The number of rotatable bonds is 5. The molecule has 0 saturated carbocycles. The van der Waals surface area contributed by atoms with Gasteiger partial charge in [0, 0.05) is 0 Å². The van der Waals surface area contributed by atoms with Crippen LogP contribution in [0.25, 0.3) is 0 Å². The van der Waals surface area contributed by atoms with Gasteiger partial charge in [-0.25, -0.2) is 0 Å². The fraction of sp³-hybridized carbons (Fsp3) is 0.917. The maximum absolute atomic E-state index is 12.0. The molecule has 7 N–H and O–H groups in total. The number of hydrogen-bond acceptors (Lipinski definition) is 9. The third kappa shape index (κ3) is 3.76. The molecule has 0 spiro atoms. The summed E-state index contributed by atoms with van der Waals surface area (Å²) >= 11 is 0. The van der Waals surface area contributed by atoms with Gasteiger partial charge in [-0.15, -0.1) is 0 Å². The topological polar surface area (TPSA) is 168 Å². The van der Waals surface area contributed by atoms with Gasteiger partial charge in [-0.05, 0) is 13.8 Å². The van der Waals surface area contributed by atoms with Crippen molar-refractivity contribution in [1.82, 2.24) is 0 Å². The third-order valence-electron chi connectivity index (χ3n) is 3.59. The monoisotopic (exact) mass is 310 g/mol. The number of hydrogen-bond donors (Lipinski definition) is 7. The van der Waals surface area contributed by atoms with Crippen molar-refractivity contribution in [1.29, 1.82) is 0 Å². The number of aliphatic hydroxyl groups is 7. The summed E-state index contributed by atoms with van der Waals surface area (Å²) in [5, 5.41) is 66.6. The molecule has 0 aromatic rings. The average Bonchev–Trinajstić information content (AvgIpc) is 2.45. The van der Waals surface area contributed by atoms with Crippen LogP contribution in [0.1, 0.15) is 13.8 Å². The van der Waals surface area contributed by atoms with Crippen LogP contribution in [0.15, 0.2) is 0 Å². The predicted octanol–water partition coefficient (Wildman–Crippen LogP) is -4.11. The zero-order valence-corrected chi connectivity index (χ0v) is 11.6. The molecule has 0 aromatic carbocycles. The van der Waals surface area contributed by atoms with E-state index in [-0.39, 0.29) is 0 Å². The Labute approximate surface area is 121 Å². The average molecular weight is 310 g/mol. The van der Waals surface area contributed by atoms with Gasteiger partial charge in [-0.2, -0.15) is 0 Å². The molecule has 0 amide bonds. The van der Waals surface area contributed by atoms with Crippen LogP contribution in [0.5, 0.6) is 0 Å². The van der Waals surface area contributed by atoms with Gasteiger partial charge in [0.25, 0.3) is 0 Å². The van der Waals surface area contributed by atoms with Crippen LogP contribution in [0.3, 0.4) is 0 Å². The van der Waals surface area contributed by atoms with Crippen molar-refractivity contribution < 1.29 is 45.3 Å². The Bertz CT molecular complexity index is 361. The number of ether oxygens (including phenoxy) is 1. The predicted molar refractivity (Wildman–Crippen MR) is 67.1 cm³/mol. The van der Waals surface area contributed by atoms with Crippen molar-refractivity contribution in [2.24, 2.45) is 0 Å². The molecule has 0 aliphatic carbocycles. The zero-order chi connectivity index (χ0) is 16.5. The molecule has 21 heavy (non-hydrogen) atoms. The SMILES string of the molecule is C[C@H](O)[C@@H](O)[C@@H](O)[C@H](O)C(=O)C1O[C@@H](C)[C@H](O)[C@@H](O)[C@H]1O. The zero-order valence-electron chi connectivity index (χ0n) is 11.6. The second-order valence-corrected chi connectivity index (χ2v) is 5.30. The van der Waals surface area contributed by atoms with Crippen LogP contribution in [-0.2, 0) is 9.53 Å². The molecule has 1 fully saturated rings. The quantitative estimate of drug-likeness (QED) is 0.267. The molecule has 1 rings (SSSR count). The molecule has 1 aliphatic rings. The Morgan fingerprint density at radius 3 is 1.95 bits per heavy atom. The molecule has 1 saturated heterocycles. The van der Waals surface area contributed by atoms with Crippen LogP contribution in [0.2, 0.25) is 0 Å². The number of aliphatic hydroxyl groups excluding tert-OH is 7. The summed E-state index contributed by atoms with van der Waals surface area (Å²) in [4.78, 5) is 12.0. The van der Waals surface area contributed by atoms with Crippen molar-refractivity contribution in [3.63, 3.8) is 0 Å². The number of ketones is 1. The Morgan fingerprint density at radius 1 is 0.952 bits per heavy atom. The smallest absolute Gasteiger partial charge is 0.195 e. The summed E-state index contributed by atoms with van der Waals surface area (Å²) < 4.78 is 5.03. The molecule has 1 unspecified atom stereocenters. The molecule has 0 radical (unpaired) electrons. The van der Waals surface area contributed by atoms with E-state index < -0.39 is 60.7 Å². The van der Waals surface area contributed by atoms with Crippen LogP contribution in [-0.4, -0.2) is 96.5 Å². The fourth-order valence-electron chi connectivity index (χ4n) is 2.10. The third-order valence-corrected chi connectivity index (χ3v) is 3.59. The van der Waals surface area contributed by atoms with Crippen molar-refractivity contribution in [2.75, 3.05) is 0 Å². The molecular formula is C12H22O9. The first-order valence-electron chi connectivity index (χ1n) is 6.55. The van der Waals surface area contributed by atoms with Crippen molar-refractivity contribution >= 4 is 5.78 Å². The van der Waals surface area contributed by atoms with Crippen molar-refractivity contribution in [3.05, 3.63) is 0 Å². The molecule has 0 bridgehead atoms. The second kappa shape index (κ2) is 7.07. The molecular weight excluding hydrogens is 288 g/mol. The lowest BCUT2D eigenvalue weighted by Crippen LogP contribution is -2.62. The first-order chi connectivity index (χ1) is 9.59. The summed E-state index contributed by atoms with van der Waals surface area (Å²) in [6.07, 6.45) is -14.8. The Balaban J connectivity index is 2.82. The molecule has 0 aromatic heterocycles. The van der Waals surface area contributed by atoms with E-state index in [1.54, 1.807) is 0 Å². The van der Waals surface area contributed by atoms with Gasteiger partial charge in [0.2, 0.25) is 0 Å². The van der Waals surface area contributed by atoms with Gasteiger partial charge in [-0.3, -0.25) is 4.79 Å². The fourth-order valence-corrected chi connectivity index (χ4v) is 2.10. The van der Waals surface area contributed by atoms with E-state index >= 15 is 0 Å². The number of carbonyl (C=O) groups is 1. The highest BCUT2D eigenvalue weighted by atomic mass is 16.5. The van der Waals surface area contributed by atoms with Crippen molar-refractivity contribution in [3.8, 4) is 0 Å². The van der Waals surface area contributed by atoms with E-state index in [0.717, 1.165) is 6.92 Å². The molecule has 9 heteroatoms. The van der Waals surface area contributed by atoms with E-state index in [2.05, 4.69) is 0 Å². The van der Waals surface area contributed by atoms with Crippen molar-refractivity contribution in [2.45, 2.75) is 68.8 Å². The van der Waals surface area contributed by atoms with Gasteiger partial charge in [0.1, 0.15) is 42.7 Å². The van der Waals surface area contributed by atoms with E-state index in [1.165, 1.54) is 6.92 Å². The standard InChI is InChI=1S/C12H22O9/c1-3(13)5(14)7(16)9(18)11(20)12-10(19)8(17)6(15)4(2)21-12/h3-10,12-19H,1-2H3/t3-,4-,5+,6-,7+,8+,9-,10+,12?/m0/s1.